The summed E-state index contributed by atoms with van der Waals surface area (Å²) in [7, 11) is 1.61. The molecular weight excluding hydrogens is 358 g/mol. The third kappa shape index (κ3) is 4.22. The topological polar surface area (TPSA) is 114 Å². The third-order valence-corrected chi connectivity index (χ3v) is 5.92. The Morgan fingerprint density at radius 3 is 2.43 bits per heavy atom. The quantitative estimate of drug-likeness (QED) is 0.755. The molecule has 0 saturated heterocycles. The Kier molecular flexibility index (Phi) is 6.08. The van der Waals surface area contributed by atoms with Crippen molar-refractivity contribution < 1.29 is 19.1 Å². The van der Waals surface area contributed by atoms with Gasteiger partial charge in [-0.05, 0) is 69.1 Å². The second-order valence-electron chi connectivity index (χ2n) is 7.70. The Labute approximate surface area is 165 Å². The van der Waals surface area contributed by atoms with Gasteiger partial charge in [0.15, 0.2) is 11.5 Å². The minimum absolute atomic E-state index is 0.145. The Hall–Kier alpha value is -2.75. The molecule has 2 aliphatic rings. The summed E-state index contributed by atoms with van der Waals surface area (Å²) in [6, 6.07) is 8.06. The number of nitrogens with zero attached hydrogens (tertiary/aromatic N) is 1. The third-order valence-electron chi connectivity index (χ3n) is 5.92. The molecule has 3 N–H and O–H groups in total. The van der Waals surface area contributed by atoms with E-state index in [1.165, 1.54) is 12.8 Å². The molecule has 1 aromatic carbocycles. The fraction of sp³-hybridized carbons (Fsp3) is 0.571. The summed E-state index contributed by atoms with van der Waals surface area (Å²) >= 11 is 0. The van der Waals surface area contributed by atoms with Gasteiger partial charge in [-0.1, -0.05) is 6.07 Å². The predicted octanol–water partition coefficient (Wildman–Crippen LogP) is 2.32. The minimum atomic E-state index is -0.985. The van der Waals surface area contributed by atoms with Gasteiger partial charge < -0.3 is 20.5 Å². The van der Waals surface area contributed by atoms with E-state index in [4.69, 9.17) is 15.2 Å². The van der Waals surface area contributed by atoms with Crippen LogP contribution in [0.25, 0.3) is 0 Å². The first-order valence-corrected chi connectivity index (χ1v) is 9.84. The van der Waals surface area contributed by atoms with Crippen LogP contribution in [0, 0.1) is 11.3 Å². The van der Waals surface area contributed by atoms with Gasteiger partial charge >= 0.3 is 11.8 Å². The van der Waals surface area contributed by atoms with Gasteiger partial charge in [-0.25, -0.2) is 0 Å². The molecule has 2 saturated carbocycles. The van der Waals surface area contributed by atoms with Crippen molar-refractivity contribution in [3.63, 3.8) is 0 Å². The van der Waals surface area contributed by atoms with Crippen molar-refractivity contribution in [3.05, 3.63) is 23.8 Å². The molecule has 2 amide bonds. The Balaban J connectivity index is 1.76. The molecule has 2 fully saturated rings. The summed E-state index contributed by atoms with van der Waals surface area (Å²) in [5, 5.41) is 12.6. The van der Waals surface area contributed by atoms with Crippen LogP contribution in [-0.4, -0.2) is 31.1 Å². The van der Waals surface area contributed by atoms with Gasteiger partial charge in [-0.2, -0.15) is 5.26 Å². The van der Waals surface area contributed by atoms with E-state index in [1.54, 1.807) is 7.11 Å². The van der Waals surface area contributed by atoms with Crippen LogP contribution < -0.4 is 20.5 Å². The molecule has 1 aromatic rings. The number of rotatable bonds is 5. The molecule has 0 spiro atoms. The molecule has 7 nitrogen and oxygen atoms in total. The molecule has 7 heteroatoms. The Morgan fingerprint density at radius 1 is 1.18 bits per heavy atom. The number of carbonyl (C=O) groups is 2. The highest BCUT2D eigenvalue weighted by molar-refractivity contribution is 6.34. The minimum Gasteiger partial charge on any atom is -0.493 e. The number of hydrogen-bond acceptors (Lipinski definition) is 5. The van der Waals surface area contributed by atoms with E-state index in [1.807, 2.05) is 18.2 Å². The molecular formula is C21H27N3O4. The lowest BCUT2D eigenvalue weighted by Crippen LogP contribution is -2.46. The van der Waals surface area contributed by atoms with Crippen LogP contribution in [0.4, 0.5) is 0 Å². The smallest absolute Gasteiger partial charge is 0.309 e. The van der Waals surface area contributed by atoms with Crippen LogP contribution in [0.15, 0.2) is 18.2 Å². The summed E-state index contributed by atoms with van der Waals surface area (Å²) in [4.78, 5) is 22.5. The molecule has 0 heterocycles. The number of carbonyl (C=O) groups excluding carboxylic acids is 2. The van der Waals surface area contributed by atoms with Gasteiger partial charge in [-0.3, -0.25) is 9.59 Å². The zero-order valence-electron chi connectivity index (χ0n) is 16.2. The number of ether oxygens (including phenoxy) is 2. The number of nitrogens with two attached hydrogens (primary N) is 1. The molecule has 28 heavy (non-hydrogen) atoms. The van der Waals surface area contributed by atoms with Crippen molar-refractivity contribution in [2.45, 2.75) is 68.9 Å². The summed E-state index contributed by atoms with van der Waals surface area (Å²) in [5.74, 6) is -0.399. The number of amides is 2. The zero-order chi connectivity index (χ0) is 20.1. The van der Waals surface area contributed by atoms with E-state index in [-0.39, 0.29) is 12.1 Å². The molecule has 0 atom stereocenters. The molecule has 0 unspecified atom stereocenters. The van der Waals surface area contributed by atoms with Gasteiger partial charge in [0.25, 0.3) is 0 Å². The maximum absolute atomic E-state index is 11.5. The molecule has 2 aliphatic carbocycles. The first-order valence-electron chi connectivity index (χ1n) is 9.84. The fourth-order valence-electron chi connectivity index (χ4n) is 4.23. The van der Waals surface area contributed by atoms with Gasteiger partial charge in [-0.15, -0.1) is 0 Å². The molecule has 0 aliphatic heterocycles. The highest BCUT2D eigenvalue weighted by Crippen LogP contribution is 2.42. The summed E-state index contributed by atoms with van der Waals surface area (Å²) in [6.45, 7) is 0. The monoisotopic (exact) mass is 385 g/mol. The van der Waals surface area contributed by atoms with E-state index in [2.05, 4.69) is 11.4 Å². The fourth-order valence-corrected chi connectivity index (χ4v) is 4.23. The number of methoxy groups -OCH3 is 1. The van der Waals surface area contributed by atoms with E-state index in [0.717, 1.165) is 18.4 Å². The normalized spacial score (nSPS) is 24.9. The second kappa shape index (κ2) is 8.51. The average Bonchev–Trinajstić information content (AvgIpc) is 3.21. The highest BCUT2D eigenvalue weighted by atomic mass is 16.5. The number of nitrogens with one attached hydrogen (secondary N) is 1. The van der Waals surface area contributed by atoms with Crippen molar-refractivity contribution in [3.8, 4) is 17.6 Å². The van der Waals surface area contributed by atoms with Crippen LogP contribution in [0.2, 0.25) is 0 Å². The van der Waals surface area contributed by atoms with Crippen LogP contribution in [-0.2, 0) is 15.0 Å². The maximum atomic E-state index is 11.5. The Bertz CT molecular complexity index is 772. The van der Waals surface area contributed by atoms with Crippen molar-refractivity contribution in [1.29, 1.82) is 5.26 Å². The molecule has 0 radical (unpaired) electrons. The van der Waals surface area contributed by atoms with Gasteiger partial charge in [0.05, 0.1) is 24.7 Å². The maximum Gasteiger partial charge on any atom is 0.309 e. The molecule has 3 rings (SSSR count). The van der Waals surface area contributed by atoms with Gasteiger partial charge in [0.1, 0.15) is 0 Å². The zero-order valence-corrected chi connectivity index (χ0v) is 16.2. The number of hydrogen-bond donors (Lipinski definition) is 2. The first-order chi connectivity index (χ1) is 13.5. The van der Waals surface area contributed by atoms with Crippen molar-refractivity contribution in [2.75, 3.05) is 7.11 Å². The van der Waals surface area contributed by atoms with Crippen LogP contribution >= 0.6 is 0 Å². The number of benzene rings is 1. The van der Waals surface area contributed by atoms with Crippen molar-refractivity contribution in [1.82, 2.24) is 5.32 Å². The lowest BCUT2D eigenvalue weighted by Gasteiger charge is -2.35. The van der Waals surface area contributed by atoms with Crippen LogP contribution in [0.1, 0.15) is 56.9 Å². The second-order valence-corrected chi connectivity index (χ2v) is 7.70. The SMILES string of the molecule is COc1ccc(C2(C#N)CCC(NC(=O)C(N)=O)CC2)cc1OC1CCCC1. The lowest BCUT2D eigenvalue weighted by atomic mass is 9.69. The highest BCUT2D eigenvalue weighted by Gasteiger charge is 2.38. The Morgan fingerprint density at radius 2 is 1.86 bits per heavy atom. The van der Waals surface area contributed by atoms with E-state index < -0.39 is 17.2 Å². The van der Waals surface area contributed by atoms with E-state index >= 15 is 0 Å². The number of primary amides is 1. The predicted molar refractivity (Wildman–Crippen MR) is 103 cm³/mol. The average molecular weight is 385 g/mol. The van der Waals surface area contributed by atoms with Gasteiger partial charge in [0, 0.05) is 6.04 Å². The summed E-state index contributed by atoms with van der Waals surface area (Å²) in [6.07, 6.45) is 7.01. The van der Waals surface area contributed by atoms with Crippen molar-refractivity contribution >= 4 is 11.8 Å². The van der Waals surface area contributed by atoms with Crippen molar-refractivity contribution in [2.24, 2.45) is 5.73 Å². The van der Waals surface area contributed by atoms with Crippen LogP contribution in [0.5, 0.6) is 11.5 Å². The van der Waals surface area contributed by atoms with E-state index in [9.17, 15) is 14.9 Å². The van der Waals surface area contributed by atoms with Crippen LogP contribution in [0.3, 0.4) is 0 Å². The first kappa shape index (κ1) is 20.0. The summed E-state index contributed by atoms with van der Waals surface area (Å²) < 4.78 is 11.6. The standard InChI is InChI=1S/C21H27N3O4/c1-27-17-7-6-14(12-18(17)28-16-4-2-3-5-16)21(13-22)10-8-15(9-11-21)24-20(26)19(23)25/h6-7,12,15-16H,2-5,8-11H2,1H3,(H2,23,25)(H,24,26). The molecule has 150 valence electrons. The number of nitriles is 1. The van der Waals surface area contributed by atoms with Gasteiger partial charge in [0.2, 0.25) is 0 Å². The summed E-state index contributed by atoms with van der Waals surface area (Å²) in [5.41, 5.74) is 5.27. The molecule has 0 aromatic heterocycles. The largest absolute Gasteiger partial charge is 0.493 e. The molecule has 0 bridgehead atoms. The lowest BCUT2D eigenvalue weighted by molar-refractivity contribution is -0.137. The van der Waals surface area contributed by atoms with E-state index in [0.29, 0.717) is 37.2 Å².